The first kappa shape index (κ1) is 31.5. The van der Waals surface area contributed by atoms with Gasteiger partial charge in [0.2, 0.25) is 11.7 Å². The topological polar surface area (TPSA) is 104 Å². The molecule has 2 fully saturated rings. The van der Waals surface area contributed by atoms with Crippen LogP contribution in [-0.4, -0.2) is 65.7 Å². The highest BCUT2D eigenvalue weighted by Gasteiger charge is 2.50. The summed E-state index contributed by atoms with van der Waals surface area (Å²) in [5, 5.41) is 7.02. The van der Waals surface area contributed by atoms with E-state index in [1.807, 2.05) is 0 Å². The van der Waals surface area contributed by atoms with Crippen LogP contribution in [0.1, 0.15) is 51.8 Å². The van der Waals surface area contributed by atoms with Crippen LogP contribution in [0.15, 0.2) is 53.4 Å². The van der Waals surface area contributed by atoms with Crippen molar-refractivity contribution in [3.63, 3.8) is 0 Å². The summed E-state index contributed by atoms with van der Waals surface area (Å²) >= 11 is 6.13. The maximum Gasteiger partial charge on any atom is 0.451 e. The first-order chi connectivity index (χ1) is 20.3. The Hall–Kier alpha value is -2.96. The molecule has 0 radical (unpaired) electrons. The van der Waals surface area contributed by atoms with Crippen LogP contribution in [0.4, 0.5) is 19.0 Å². The summed E-state index contributed by atoms with van der Waals surface area (Å²) in [5.74, 6) is -1.61. The highest BCUT2D eigenvalue weighted by Crippen LogP contribution is 2.40. The molecule has 0 spiro atoms. The van der Waals surface area contributed by atoms with Gasteiger partial charge in [-0.1, -0.05) is 43.6 Å². The maximum atomic E-state index is 14.0. The van der Waals surface area contributed by atoms with E-state index >= 15 is 0 Å². The minimum absolute atomic E-state index is 0.0363. The van der Waals surface area contributed by atoms with E-state index in [0.717, 1.165) is 6.54 Å². The fourth-order valence-corrected chi connectivity index (χ4v) is 8.17. The number of likely N-dealkylation sites (tertiary alicyclic amines) is 1. The Balaban J connectivity index is 1.44. The second-order valence-corrected chi connectivity index (χ2v) is 14.3. The molecule has 2 aliphatic rings. The van der Waals surface area contributed by atoms with Crippen LogP contribution < -0.4 is 10.6 Å². The molecule has 0 unspecified atom stereocenters. The van der Waals surface area contributed by atoms with Crippen molar-refractivity contribution in [3.05, 3.63) is 59.4 Å². The fourth-order valence-electron chi connectivity index (χ4n) is 6.11. The summed E-state index contributed by atoms with van der Waals surface area (Å²) in [4.78, 5) is 23.2. The van der Waals surface area contributed by atoms with Crippen LogP contribution in [-0.2, 0) is 20.8 Å². The summed E-state index contributed by atoms with van der Waals surface area (Å²) in [6, 6.07) is 11.8. The average molecular weight is 638 g/mol. The number of sulfone groups is 1. The second kappa shape index (κ2) is 12.2. The molecule has 8 nitrogen and oxygen atoms in total. The highest BCUT2D eigenvalue weighted by atomic mass is 35.5. The Morgan fingerprint density at radius 2 is 1.77 bits per heavy atom. The molecule has 1 saturated carbocycles. The molecule has 2 heterocycles. The van der Waals surface area contributed by atoms with E-state index in [-0.39, 0.29) is 57.3 Å². The number of aromatic nitrogens is 2. The van der Waals surface area contributed by atoms with Crippen LogP contribution in [0.2, 0.25) is 5.02 Å². The number of carbonyl (C=O) groups is 1. The van der Waals surface area contributed by atoms with Gasteiger partial charge in [0, 0.05) is 23.0 Å². The van der Waals surface area contributed by atoms with Gasteiger partial charge < -0.3 is 15.5 Å². The van der Waals surface area contributed by atoms with E-state index in [0.29, 0.717) is 31.6 Å². The summed E-state index contributed by atoms with van der Waals surface area (Å²) < 4.78 is 68.2. The van der Waals surface area contributed by atoms with Gasteiger partial charge in [-0.2, -0.15) is 13.2 Å². The Labute approximate surface area is 254 Å². The Bertz CT molecular complexity index is 1580. The Kier molecular flexibility index (Phi) is 8.93. The monoisotopic (exact) mass is 637 g/mol. The van der Waals surface area contributed by atoms with Gasteiger partial charge in [-0.3, -0.25) is 4.79 Å². The van der Waals surface area contributed by atoms with E-state index < -0.39 is 33.4 Å². The number of nitrogens with zero attached hydrogens (tertiary/aromatic N) is 3. The number of anilines is 1. The molecule has 1 aliphatic carbocycles. The van der Waals surface area contributed by atoms with Gasteiger partial charge in [-0.25, -0.2) is 18.4 Å². The second-order valence-electron chi connectivity index (χ2n) is 11.9. The molecule has 232 valence electrons. The summed E-state index contributed by atoms with van der Waals surface area (Å²) in [5.41, 5.74) is -0.916. The van der Waals surface area contributed by atoms with Gasteiger partial charge in [-0.05, 0) is 74.9 Å². The Morgan fingerprint density at radius 3 is 2.42 bits per heavy atom. The quantitative estimate of drug-likeness (QED) is 0.309. The minimum Gasteiger partial charge on any atom is -0.358 e. The zero-order valence-corrected chi connectivity index (χ0v) is 25.6. The third-order valence-electron chi connectivity index (χ3n) is 8.29. The van der Waals surface area contributed by atoms with Gasteiger partial charge in [0.05, 0.1) is 21.7 Å². The number of carbonyl (C=O) groups excluding carboxylic acids is 1. The fraction of sp³-hybridized carbons (Fsp3) is 0.500. The van der Waals surface area contributed by atoms with Gasteiger partial charge in [0.1, 0.15) is 11.9 Å². The number of hydrogen-bond donors (Lipinski definition) is 2. The van der Waals surface area contributed by atoms with E-state index in [2.05, 4.69) is 34.4 Å². The number of benzene rings is 2. The lowest BCUT2D eigenvalue weighted by Crippen LogP contribution is -2.58. The number of halogens is 4. The molecule has 1 amide bonds. The number of rotatable bonds is 9. The van der Waals surface area contributed by atoms with Crippen molar-refractivity contribution in [1.29, 1.82) is 0 Å². The molecular weight excluding hydrogens is 603 g/mol. The molecule has 3 aromatic rings. The zero-order valence-electron chi connectivity index (χ0n) is 24.0. The molecule has 2 aromatic carbocycles. The third kappa shape index (κ3) is 6.91. The molecule has 1 aliphatic heterocycles. The van der Waals surface area contributed by atoms with Crippen LogP contribution in [0, 0.1) is 5.92 Å². The molecule has 43 heavy (non-hydrogen) atoms. The number of hydrogen-bond acceptors (Lipinski definition) is 7. The molecule has 1 atom stereocenters. The van der Waals surface area contributed by atoms with Crippen molar-refractivity contribution in [3.8, 4) is 0 Å². The van der Waals surface area contributed by atoms with Gasteiger partial charge in [0.15, 0.2) is 9.84 Å². The van der Waals surface area contributed by atoms with Crippen LogP contribution in [0.25, 0.3) is 10.9 Å². The number of amides is 1. The predicted molar refractivity (Wildman–Crippen MR) is 160 cm³/mol. The minimum atomic E-state index is -4.80. The first-order valence-electron chi connectivity index (χ1n) is 14.4. The van der Waals surface area contributed by atoms with E-state index in [1.165, 1.54) is 18.2 Å². The average Bonchev–Trinajstić information content (AvgIpc) is 3.32. The maximum absolute atomic E-state index is 14.0. The van der Waals surface area contributed by atoms with Crippen molar-refractivity contribution >= 4 is 44.1 Å². The molecular formula is C30H35ClF3N5O3S. The normalized spacial score (nSPS) is 23.3. The standard InChI is InChI=1S/C30H35ClF3N5O3S/c1-19(2)17-35-21-10-13-29(14-11-21,18-43(41,42)22-6-4-3-5-7-22)39-15-12-25(27(39)40)36-26-23-16-20(31)8-9-24(23)37-28(38-26)30(32,33)34/h3-9,16,19,21,25,35H,10-15,17-18H2,1-2H3,(H,36,37,38)/t21?,25-,29?/m0/s1. The molecule has 1 saturated heterocycles. The molecule has 13 heteroatoms. The Morgan fingerprint density at radius 1 is 1.07 bits per heavy atom. The SMILES string of the molecule is CC(C)CNC1CCC(CS(=O)(=O)c2ccccc2)(N2CC[C@H](Nc3nc(C(F)(F)F)nc4ccc(Cl)cc34)C2=O)CC1. The number of nitrogens with one attached hydrogen (secondary N) is 2. The molecule has 1 aromatic heterocycles. The molecule has 0 bridgehead atoms. The van der Waals surface area contributed by atoms with E-state index in [1.54, 1.807) is 35.2 Å². The smallest absolute Gasteiger partial charge is 0.358 e. The lowest BCUT2D eigenvalue weighted by Gasteiger charge is -2.46. The van der Waals surface area contributed by atoms with Gasteiger partial charge in [0.25, 0.3) is 0 Å². The third-order valence-corrected chi connectivity index (χ3v) is 10.4. The van der Waals surface area contributed by atoms with Crippen LogP contribution >= 0.6 is 11.6 Å². The summed E-state index contributed by atoms with van der Waals surface area (Å²) in [6.45, 7) is 5.34. The van der Waals surface area contributed by atoms with Crippen LogP contribution in [0.3, 0.4) is 0 Å². The van der Waals surface area contributed by atoms with Crippen molar-refractivity contribution < 1.29 is 26.4 Å². The van der Waals surface area contributed by atoms with Gasteiger partial charge >= 0.3 is 6.18 Å². The zero-order chi connectivity index (χ0) is 31.0. The van der Waals surface area contributed by atoms with Crippen molar-refractivity contribution in [1.82, 2.24) is 20.2 Å². The largest absolute Gasteiger partial charge is 0.451 e. The number of fused-ring (bicyclic) bond motifs is 1. The summed E-state index contributed by atoms with van der Waals surface area (Å²) in [7, 11) is -3.75. The highest BCUT2D eigenvalue weighted by molar-refractivity contribution is 7.91. The van der Waals surface area contributed by atoms with Gasteiger partial charge in [-0.15, -0.1) is 0 Å². The number of alkyl halides is 3. The lowest BCUT2D eigenvalue weighted by molar-refractivity contribution is -0.144. The van der Waals surface area contributed by atoms with E-state index in [4.69, 9.17) is 11.6 Å². The molecule has 2 N–H and O–H groups in total. The van der Waals surface area contributed by atoms with Crippen molar-refractivity contribution in [2.75, 3.05) is 24.2 Å². The van der Waals surface area contributed by atoms with Crippen molar-refractivity contribution in [2.45, 2.75) is 74.6 Å². The van der Waals surface area contributed by atoms with Crippen molar-refractivity contribution in [2.24, 2.45) is 5.92 Å². The van der Waals surface area contributed by atoms with Crippen LogP contribution in [0.5, 0.6) is 0 Å². The predicted octanol–water partition coefficient (Wildman–Crippen LogP) is 5.72. The first-order valence-corrected chi connectivity index (χ1v) is 16.4. The lowest BCUT2D eigenvalue weighted by atomic mass is 9.79. The van der Waals surface area contributed by atoms with E-state index in [9.17, 15) is 26.4 Å². The summed E-state index contributed by atoms with van der Waals surface area (Å²) in [6.07, 6.45) is -2.16. The molecule has 5 rings (SSSR count).